The molecule has 6 saturated heterocycles. The van der Waals surface area contributed by atoms with Crippen molar-refractivity contribution in [2.24, 2.45) is 50.2 Å². The normalized spacial score (nSPS) is 53.9. The van der Waals surface area contributed by atoms with Gasteiger partial charge >= 0.3 is 5.97 Å². The Labute approximate surface area is 553 Å². The number of rotatable bonds is 18. The number of ether oxygens (including phenoxy) is 12. The van der Waals surface area contributed by atoms with E-state index in [-0.39, 0.29) is 25.2 Å². The first-order valence-electron chi connectivity index (χ1n) is 33.4. The van der Waals surface area contributed by atoms with E-state index in [0.29, 0.717) is 32.1 Å². The number of hydrogen-bond acceptors (Lipinski definition) is 33. The molecule has 0 radical (unpaired) electrons. The van der Waals surface area contributed by atoms with Crippen molar-refractivity contribution in [1.82, 2.24) is 0 Å². The molecule has 4 unspecified atom stereocenters. The Morgan fingerprint density at radius 2 is 1.09 bits per heavy atom. The van der Waals surface area contributed by atoms with Crippen LogP contribution < -0.4 is 0 Å². The molecule has 96 heavy (non-hydrogen) atoms. The van der Waals surface area contributed by atoms with Crippen LogP contribution in [0, 0.1) is 50.2 Å². The molecule has 10 fully saturated rings. The van der Waals surface area contributed by atoms with Gasteiger partial charge in [-0.3, -0.25) is 4.79 Å². The molecule has 0 aromatic rings. The summed E-state index contributed by atoms with van der Waals surface area (Å²) in [6, 6.07) is 0. The fourth-order valence-corrected chi connectivity index (χ4v) is 19.0. The third-order valence-corrected chi connectivity index (χ3v) is 24.8. The van der Waals surface area contributed by atoms with E-state index in [4.69, 9.17) is 56.8 Å². The topological polar surface area (TPSA) is 532 Å². The maximum absolute atomic E-state index is 15.6. The van der Waals surface area contributed by atoms with E-state index < -0.39 is 281 Å². The smallest absolute Gasteiger partial charge is 0.317 e. The van der Waals surface area contributed by atoms with E-state index in [2.05, 4.69) is 33.8 Å². The van der Waals surface area contributed by atoms with Crippen LogP contribution in [0.1, 0.15) is 92.9 Å². The molecule has 33 heteroatoms. The number of hydrogen-bond donors (Lipinski definition) is 20. The van der Waals surface area contributed by atoms with Crippen LogP contribution in [0.15, 0.2) is 11.6 Å². The zero-order chi connectivity index (χ0) is 70.1. The van der Waals surface area contributed by atoms with Gasteiger partial charge in [-0.15, -0.1) is 0 Å². The van der Waals surface area contributed by atoms with Gasteiger partial charge in [-0.05, 0) is 97.7 Å². The van der Waals surface area contributed by atoms with Gasteiger partial charge in [-0.1, -0.05) is 46.3 Å². The molecular formula is C63H102O33. The molecule has 5 aliphatic carbocycles. The summed E-state index contributed by atoms with van der Waals surface area (Å²) in [6.45, 7) is 5.82. The van der Waals surface area contributed by atoms with Gasteiger partial charge in [0.15, 0.2) is 37.6 Å². The molecule has 20 N–H and O–H groups in total. The second kappa shape index (κ2) is 27.9. The molecule has 4 saturated carbocycles. The van der Waals surface area contributed by atoms with Crippen LogP contribution in [0.25, 0.3) is 0 Å². The molecule has 33 nitrogen and oxygen atoms in total. The number of aliphatic hydroxyl groups is 20. The van der Waals surface area contributed by atoms with Gasteiger partial charge in [0.2, 0.25) is 6.29 Å². The van der Waals surface area contributed by atoms with Crippen molar-refractivity contribution in [2.45, 2.75) is 271 Å². The van der Waals surface area contributed by atoms with Crippen LogP contribution in [-0.4, -0.2) is 339 Å². The van der Waals surface area contributed by atoms with Crippen LogP contribution in [0.4, 0.5) is 0 Å². The molecule has 11 aliphatic rings. The molecule has 0 spiro atoms. The average Bonchev–Trinajstić information content (AvgIpc) is 0.700. The molecule has 0 aromatic heterocycles. The van der Waals surface area contributed by atoms with Gasteiger partial charge in [-0.2, -0.15) is 0 Å². The molecule has 0 amide bonds. The molecule has 6 aliphatic heterocycles. The number of fused-ring (bicyclic) bond motifs is 7. The van der Waals surface area contributed by atoms with Crippen LogP contribution in [0.5, 0.6) is 0 Å². The Balaban J connectivity index is 0.804. The lowest BCUT2D eigenvalue weighted by molar-refractivity contribution is -0.377. The summed E-state index contributed by atoms with van der Waals surface area (Å²) in [7, 11) is 0. The summed E-state index contributed by atoms with van der Waals surface area (Å²) in [4.78, 5) is 15.6. The standard InChI is InChI=1S/C63H102O33/c1-24-44(91-50-42(80)45(28(71)19-85-50)92-55-48(82)62(84,22-69)23-86-55)39(77)41(79)51(87-24)94-47-37(75)31(18-66)90-54(47)96-56(83)63-12-11-57(2,3)13-26(63)25-7-8-32-58(4)14-27(70)49(61(20-67,21-68)33(58)9-10-59(32,5)60(25,6)15-34(63)72)95-53-43(81)46(36(74)30(17-65)89-53)93-52-40(78)38(76)35(73)29(16-64)88-52/h7,24,26-55,64-82,84H,8-23H2,1-6H3/t24-,26-,27-,28+,29+,30+,31-,32?,33?,34+,35+,36+,37-,38-,39-,40+,41+,42+,43+,44-,45-,46-,47+,48-,49-,50-,51-,52?,53?,54-,55-,58+,59+,60+,62+,63+/m0/s1. The van der Waals surface area contributed by atoms with E-state index in [9.17, 15) is 102 Å². The number of carbonyl (C=O) groups is 1. The van der Waals surface area contributed by atoms with Crippen molar-refractivity contribution in [1.29, 1.82) is 0 Å². The number of allylic oxidation sites excluding steroid dienone is 2. The molecule has 0 aromatic carbocycles. The Kier molecular flexibility index (Phi) is 21.8. The van der Waals surface area contributed by atoms with Gasteiger partial charge in [-0.25, -0.2) is 0 Å². The van der Waals surface area contributed by atoms with Gasteiger partial charge < -0.3 is 159 Å². The highest BCUT2D eigenvalue weighted by molar-refractivity contribution is 5.80. The number of esters is 1. The van der Waals surface area contributed by atoms with Crippen molar-refractivity contribution in [3.63, 3.8) is 0 Å². The predicted octanol–water partition coefficient (Wildman–Crippen LogP) is -7.55. The van der Waals surface area contributed by atoms with Crippen LogP contribution >= 0.6 is 0 Å². The zero-order valence-corrected chi connectivity index (χ0v) is 54.5. The summed E-state index contributed by atoms with van der Waals surface area (Å²) in [6.07, 6.45) is -43.1. The van der Waals surface area contributed by atoms with Gasteiger partial charge in [0.1, 0.15) is 115 Å². The second-order valence-electron chi connectivity index (χ2n) is 30.6. The summed E-state index contributed by atoms with van der Waals surface area (Å²) in [5.74, 6) is -2.53. The average molecular weight is 1390 g/mol. The first-order chi connectivity index (χ1) is 45.1. The van der Waals surface area contributed by atoms with Crippen molar-refractivity contribution in [3.8, 4) is 0 Å². The lowest BCUT2D eigenvalue weighted by Gasteiger charge is -2.72. The maximum Gasteiger partial charge on any atom is 0.317 e. The molecule has 6 heterocycles. The van der Waals surface area contributed by atoms with E-state index in [1.807, 2.05) is 6.92 Å². The first kappa shape index (κ1) is 75.1. The van der Waals surface area contributed by atoms with Crippen molar-refractivity contribution < 1.29 is 164 Å². The number of aliphatic hydroxyl groups excluding tert-OH is 19. The SMILES string of the molecule is C[C@@H]1O[C@@H](O[C@H]2[C@H](OC(=O)[C@]34CCC(C)(C)C[C@H]3C3=CCC5[C@@]6(C)C[C@H](O)[C@H](OC7O[C@H](CO)[C@@H](O)[C@H](OC8O[C@H](CO)[C@@H](O)[C@H](O)[C@H]8O)[C@H]7O)C(CO)(CO)C6CC[C@@]5(C)[C@]3(C)C[C@H]4O)O[C@@H](CO)[C@@H]2O)[C@H](O)[C@H](O)[C@H]1O[C@@H]1OC[C@@H](O)[C@H](O[C@@H]2OC[C@](O)(CO)[C@H]2O)[C@H]1O. The fourth-order valence-electron chi connectivity index (χ4n) is 19.0. The van der Waals surface area contributed by atoms with Crippen LogP contribution in [0.2, 0.25) is 0 Å². The largest absolute Gasteiger partial charge is 0.432 e. The van der Waals surface area contributed by atoms with Crippen LogP contribution in [0.3, 0.4) is 0 Å². The Hall–Kier alpha value is -2.03. The summed E-state index contributed by atoms with van der Waals surface area (Å²) in [5.41, 5.74) is -7.40. The lowest BCUT2D eigenvalue weighted by atomic mass is 9.33. The Morgan fingerprint density at radius 3 is 1.72 bits per heavy atom. The first-order valence-corrected chi connectivity index (χ1v) is 33.4. The van der Waals surface area contributed by atoms with Gasteiger partial charge in [0.05, 0.1) is 77.3 Å². The van der Waals surface area contributed by atoms with E-state index >= 15 is 4.79 Å². The monoisotopic (exact) mass is 1390 g/mol. The summed E-state index contributed by atoms with van der Waals surface area (Å²) < 4.78 is 70.4. The quantitative estimate of drug-likeness (QED) is 0.0344. The third-order valence-electron chi connectivity index (χ3n) is 24.8. The highest BCUT2D eigenvalue weighted by Gasteiger charge is 2.74. The Morgan fingerprint density at radius 1 is 0.531 bits per heavy atom. The van der Waals surface area contributed by atoms with Crippen molar-refractivity contribution >= 4 is 5.97 Å². The lowest BCUT2D eigenvalue weighted by Crippen LogP contribution is -2.72. The number of carbonyl (C=O) groups excluding carboxylic acids is 1. The fraction of sp³-hybridized carbons (Fsp3) is 0.952. The molecule has 36 atom stereocenters. The van der Waals surface area contributed by atoms with Gasteiger partial charge in [0.25, 0.3) is 0 Å². The second-order valence-corrected chi connectivity index (χ2v) is 30.6. The van der Waals surface area contributed by atoms with Crippen molar-refractivity contribution in [2.75, 3.05) is 52.9 Å². The minimum atomic E-state index is -2.09. The minimum Gasteiger partial charge on any atom is -0.432 e. The van der Waals surface area contributed by atoms with E-state index in [1.165, 1.54) is 6.92 Å². The molecular weight excluding hydrogens is 1280 g/mol. The Bertz CT molecular complexity index is 2710. The molecule has 0 bridgehead atoms. The zero-order valence-electron chi connectivity index (χ0n) is 54.5. The highest BCUT2D eigenvalue weighted by Crippen LogP contribution is 2.76. The third kappa shape index (κ3) is 12.2. The summed E-state index contributed by atoms with van der Waals surface area (Å²) in [5, 5.41) is 222. The molecule has 11 rings (SSSR count). The van der Waals surface area contributed by atoms with Crippen molar-refractivity contribution in [3.05, 3.63) is 11.6 Å². The van der Waals surface area contributed by atoms with Gasteiger partial charge in [0, 0.05) is 5.41 Å². The highest BCUT2D eigenvalue weighted by atomic mass is 16.8. The molecule has 552 valence electrons. The van der Waals surface area contributed by atoms with E-state index in [1.54, 1.807) is 0 Å². The summed E-state index contributed by atoms with van der Waals surface area (Å²) >= 11 is 0. The minimum absolute atomic E-state index is 0.00583. The van der Waals surface area contributed by atoms with Crippen LogP contribution in [-0.2, 0) is 61.6 Å². The maximum atomic E-state index is 15.6. The van der Waals surface area contributed by atoms with E-state index in [0.717, 1.165) is 5.57 Å². The predicted molar refractivity (Wildman–Crippen MR) is 314 cm³/mol.